The molecule has 250 valence electrons. The summed E-state index contributed by atoms with van der Waals surface area (Å²) < 4.78 is 7.74. The van der Waals surface area contributed by atoms with Gasteiger partial charge < -0.3 is 10.1 Å². The maximum absolute atomic E-state index is 14.2. The Balaban J connectivity index is 1.48. The summed E-state index contributed by atoms with van der Waals surface area (Å²) in [6.45, 7) is 12.2. The maximum atomic E-state index is 14.2. The minimum atomic E-state index is -0.750. The molecule has 11 heteroatoms. The predicted molar refractivity (Wildman–Crippen MR) is 188 cm³/mol. The highest BCUT2D eigenvalue weighted by Gasteiger charge is 2.29. The Hall–Kier alpha value is -5.06. The van der Waals surface area contributed by atoms with E-state index in [4.69, 9.17) is 19.8 Å². The van der Waals surface area contributed by atoms with Crippen LogP contribution in [0.4, 0.5) is 22.1 Å². The van der Waals surface area contributed by atoms with Crippen LogP contribution in [0, 0.1) is 16.0 Å². The van der Waals surface area contributed by atoms with Crippen LogP contribution >= 0.6 is 0 Å². The molecule has 0 atom stereocenters. The lowest BCUT2D eigenvalue weighted by molar-refractivity contribution is -0.384. The predicted octanol–water partition coefficient (Wildman–Crippen LogP) is 8.91. The first-order valence-corrected chi connectivity index (χ1v) is 16.6. The van der Waals surface area contributed by atoms with E-state index >= 15 is 0 Å². The average molecular weight is 650 g/mol. The van der Waals surface area contributed by atoms with E-state index in [1.165, 1.54) is 6.07 Å². The van der Waals surface area contributed by atoms with Gasteiger partial charge in [0.2, 0.25) is 0 Å². The molecule has 1 aliphatic rings. The van der Waals surface area contributed by atoms with Gasteiger partial charge in [-0.25, -0.2) is 9.78 Å². The monoisotopic (exact) mass is 649 g/mol. The van der Waals surface area contributed by atoms with Crippen molar-refractivity contribution in [2.24, 2.45) is 5.92 Å². The summed E-state index contributed by atoms with van der Waals surface area (Å²) in [6.07, 6.45) is 7.39. The molecular weight excluding hydrogens is 606 g/mol. The Kier molecular flexibility index (Phi) is 9.05. The normalized spacial score (nSPS) is 16.7. The van der Waals surface area contributed by atoms with E-state index in [9.17, 15) is 14.9 Å². The number of nitrogens with zero attached hydrogens (tertiary/aromatic N) is 6. The molecule has 1 fully saturated rings. The molecule has 0 bridgehead atoms. The van der Waals surface area contributed by atoms with Gasteiger partial charge in [0.1, 0.15) is 17.2 Å². The van der Waals surface area contributed by atoms with Crippen molar-refractivity contribution in [1.29, 1.82) is 0 Å². The fourth-order valence-electron chi connectivity index (χ4n) is 6.36. The highest BCUT2D eigenvalue weighted by atomic mass is 16.6. The van der Waals surface area contributed by atoms with Crippen molar-refractivity contribution in [2.45, 2.75) is 91.3 Å². The van der Waals surface area contributed by atoms with Crippen LogP contribution in [0.5, 0.6) is 0 Å². The number of hydrogen-bond donors (Lipinski definition) is 1. The van der Waals surface area contributed by atoms with Crippen LogP contribution in [0.3, 0.4) is 0 Å². The Morgan fingerprint density at radius 3 is 2.56 bits per heavy atom. The molecule has 1 amide bonds. The summed E-state index contributed by atoms with van der Waals surface area (Å²) in [7, 11) is 0. The van der Waals surface area contributed by atoms with Crippen LogP contribution in [-0.2, 0) is 11.3 Å². The van der Waals surface area contributed by atoms with Crippen molar-refractivity contribution in [3.63, 3.8) is 0 Å². The van der Waals surface area contributed by atoms with Crippen LogP contribution in [-0.4, -0.2) is 42.2 Å². The summed E-state index contributed by atoms with van der Waals surface area (Å²) in [5.41, 5.74) is 3.21. The van der Waals surface area contributed by atoms with E-state index in [0.29, 0.717) is 40.3 Å². The van der Waals surface area contributed by atoms with Gasteiger partial charge in [0, 0.05) is 47.0 Å². The van der Waals surface area contributed by atoms with Gasteiger partial charge in [-0.05, 0) is 81.4 Å². The topological polar surface area (TPSA) is 128 Å². The van der Waals surface area contributed by atoms with Crippen molar-refractivity contribution < 1.29 is 14.5 Å². The zero-order valence-electron chi connectivity index (χ0n) is 28.4. The number of nitro benzene ring substituents is 1. The summed E-state index contributed by atoms with van der Waals surface area (Å²) in [4.78, 5) is 36.6. The van der Waals surface area contributed by atoms with Crippen LogP contribution in [0.25, 0.3) is 27.7 Å². The third-order valence-electron chi connectivity index (χ3n) is 8.92. The Labute approximate surface area is 280 Å². The number of benzene rings is 2. The van der Waals surface area contributed by atoms with Gasteiger partial charge in [-0.15, -0.1) is 0 Å². The Morgan fingerprint density at radius 1 is 1.10 bits per heavy atom. The molecule has 11 nitrogen and oxygen atoms in total. The molecule has 0 spiro atoms. The van der Waals surface area contributed by atoms with Crippen molar-refractivity contribution >= 4 is 39.8 Å². The van der Waals surface area contributed by atoms with Gasteiger partial charge in [0.05, 0.1) is 23.4 Å². The van der Waals surface area contributed by atoms with E-state index in [1.54, 1.807) is 33.8 Å². The third-order valence-corrected chi connectivity index (χ3v) is 8.92. The molecule has 0 saturated heterocycles. The summed E-state index contributed by atoms with van der Waals surface area (Å²) in [5.74, 6) is 2.10. The van der Waals surface area contributed by atoms with E-state index in [0.717, 1.165) is 47.8 Å². The molecule has 0 unspecified atom stereocenters. The first-order valence-electron chi connectivity index (χ1n) is 16.6. The third kappa shape index (κ3) is 6.95. The zero-order chi connectivity index (χ0) is 34.2. The van der Waals surface area contributed by atoms with E-state index < -0.39 is 16.6 Å². The molecule has 0 radical (unpaired) electrons. The number of non-ortho nitro benzene ring substituents is 1. The van der Waals surface area contributed by atoms with Crippen molar-refractivity contribution in [3.8, 4) is 11.3 Å². The van der Waals surface area contributed by atoms with Gasteiger partial charge in [0.25, 0.3) is 5.69 Å². The number of fused-ring (bicyclic) bond motifs is 2. The van der Waals surface area contributed by atoms with Crippen molar-refractivity contribution in [2.75, 3.05) is 10.2 Å². The highest BCUT2D eigenvalue weighted by Crippen LogP contribution is 2.35. The number of rotatable bonds is 8. The molecule has 6 rings (SSSR count). The number of hydrogen-bond acceptors (Lipinski definition) is 8. The summed E-state index contributed by atoms with van der Waals surface area (Å²) in [6, 6.07) is 16.5. The lowest BCUT2D eigenvalue weighted by Crippen LogP contribution is -2.38. The first-order chi connectivity index (χ1) is 22.9. The summed E-state index contributed by atoms with van der Waals surface area (Å²) >= 11 is 0. The molecule has 48 heavy (non-hydrogen) atoms. The molecular formula is C37H43N7O4. The standard InChI is InChI=1S/C37H43N7O4/c1-23(2)31-21-39-43-33(20-32(41-35(31)43)40-27-13-11-24(3)12-14-27)42(36(45)48-37(4,5)6)22-26-9-7-8-10-29(26)34-30-16-15-28(44(46)47)19-25(30)17-18-38-34/h7-10,15-21,23-24,27H,11-14,22H2,1-6H3,(H,40,41). The number of aromatic nitrogens is 4. The zero-order valence-corrected chi connectivity index (χ0v) is 28.4. The van der Waals surface area contributed by atoms with Crippen molar-refractivity contribution in [1.82, 2.24) is 19.6 Å². The van der Waals surface area contributed by atoms with E-state index in [1.807, 2.05) is 57.3 Å². The second-order valence-corrected chi connectivity index (χ2v) is 14.1. The molecule has 3 aromatic heterocycles. The SMILES string of the molecule is CC1CCC(Nc2cc(N(Cc3ccccc3-c3nccc4cc([N+](=O)[O-])ccc34)C(=O)OC(C)(C)C)n3ncc(C(C)C)c3n2)CC1. The van der Waals surface area contributed by atoms with Gasteiger partial charge >= 0.3 is 6.09 Å². The molecule has 0 aliphatic heterocycles. The minimum absolute atomic E-state index is 0.0119. The lowest BCUT2D eigenvalue weighted by atomic mass is 9.87. The average Bonchev–Trinajstić information content (AvgIpc) is 3.48. The van der Waals surface area contributed by atoms with Crippen LogP contribution in [0.2, 0.25) is 0 Å². The molecule has 3 heterocycles. The van der Waals surface area contributed by atoms with Crippen molar-refractivity contribution in [3.05, 3.63) is 88.2 Å². The minimum Gasteiger partial charge on any atom is -0.443 e. The number of carbonyl (C=O) groups is 1. The van der Waals surface area contributed by atoms with Crippen LogP contribution in [0.1, 0.15) is 84.3 Å². The largest absolute Gasteiger partial charge is 0.443 e. The summed E-state index contributed by atoms with van der Waals surface area (Å²) in [5, 5.41) is 21.4. The number of pyridine rings is 1. The van der Waals surface area contributed by atoms with Gasteiger partial charge in [-0.1, -0.05) is 45.0 Å². The van der Waals surface area contributed by atoms with Crippen LogP contribution < -0.4 is 10.2 Å². The number of carbonyl (C=O) groups excluding carboxylic acids is 1. The molecule has 2 aromatic carbocycles. The van der Waals surface area contributed by atoms with Gasteiger partial charge in [-0.2, -0.15) is 9.61 Å². The second kappa shape index (κ2) is 13.2. The number of amides is 1. The molecule has 1 N–H and O–H groups in total. The van der Waals surface area contributed by atoms with E-state index in [-0.39, 0.29) is 18.2 Å². The highest BCUT2D eigenvalue weighted by molar-refractivity contribution is 5.96. The quantitative estimate of drug-likeness (QED) is 0.130. The fraction of sp³-hybridized carbons (Fsp3) is 0.405. The number of ether oxygens (including phenoxy) is 1. The Morgan fingerprint density at radius 2 is 1.85 bits per heavy atom. The maximum Gasteiger partial charge on any atom is 0.416 e. The molecule has 1 saturated carbocycles. The number of nitro groups is 1. The Bertz CT molecular complexity index is 1970. The molecule has 5 aromatic rings. The first kappa shape index (κ1) is 32.9. The number of anilines is 2. The fourth-order valence-corrected chi connectivity index (χ4v) is 6.36. The molecule has 1 aliphatic carbocycles. The van der Waals surface area contributed by atoms with Crippen LogP contribution in [0.15, 0.2) is 67.0 Å². The van der Waals surface area contributed by atoms with Gasteiger partial charge in [0.15, 0.2) is 5.65 Å². The van der Waals surface area contributed by atoms with E-state index in [2.05, 4.69) is 26.1 Å². The number of nitrogens with one attached hydrogen (secondary N) is 1. The second-order valence-electron chi connectivity index (χ2n) is 14.1. The lowest BCUT2D eigenvalue weighted by Gasteiger charge is -2.30. The van der Waals surface area contributed by atoms with Gasteiger partial charge in [-0.3, -0.25) is 20.0 Å². The smallest absolute Gasteiger partial charge is 0.416 e.